The molecule has 0 saturated heterocycles. The van der Waals surface area contributed by atoms with E-state index in [-0.39, 0.29) is 17.4 Å². The van der Waals surface area contributed by atoms with Gasteiger partial charge >= 0.3 is 0 Å². The summed E-state index contributed by atoms with van der Waals surface area (Å²) in [5.74, 6) is 0. The monoisotopic (exact) mass is 376 g/mol. The maximum Gasteiger partial charge on any atom is 0 e. The Hall–Kier alpha value is -1.03. The van der Waals surface area contributed by atoms with Gasteiger partial charge in [0.05, 0.1) is 0 Å². The van der Waals surface area contributed by atoms with Crippen LogP contribution in [0, 0.1) is 83.1 Å². The van der Waals surface area contributed by atoms with E-state index in [2.05, 4.69) is 83.1 Å². The second-order valence-electron chi connectivity index (χ2n) is 7.50. The third-order valence-electron chi connectivity index (χ3n) is 6.75. The smallest absolute Gasteiger partial charge is 0 e. The molecule has 0 radical (unpaired) electrons. The fourth-order valence-corrected chi connectivity index (χ4v) is 3.38. The quantitative estimate of drug-likeness (QED) is 0.461. The van der Waals surface area contributed by atoms with Crippen LogP contribution in [0.3, 0.4) is 0 Å². The van der Waals surface area contributed by atoms with Gasteiger partial charge in [-0.05, 0) is 150 Å². The maximum absolute atomic E-state index is 2.21. The molecule has 0 aliphatic heterocycles. The zero-order valence-electron chi connectivity index (χ0n) is 18.4. The summed E-state index contributed by atoms with van der Waals surface area (Å²) in [6.45, 7) is 26.5. The Morgan fingerprint density at radius 3 is 0.280 bits per heavy atom. The van der Waals surface area contributed by atoms with E-state index in [1.54, 1.807) is 0 Å². The Morgan fingerprint density at radius 2 is 0.240 bits per heavy atom. The van der Waals surface area contributed by atoms with Gasteiger partial charge in [-0.1, -0.05) is 0 Å². The minimum atomic E-state index is 0. The van der Waals surface area contributed by atoms with Crippen LogP contribution in [0.2, 0.25) is 0 Å². The first-order chi connectivity index (χ1) is 10.9. The SMILES string of the molecule is Cc1c(C)c(C)c(C)c(C)c1C.Cc1c(C)c(C)c(C)c(C)c1C.[Cr]. The number of rotatable bonds is 0. The van der Waals surface area contributed by atoms with Crippen LogP contribution in [-0.4, -0.2) is 0 Å². The Balaban J connectivity index is 0.000000443. The van der Waals surface area contributed by atoms with Gasteiger partial charge in [0.1, 0.15) is 0 Å². The van der Waals surface area contributed by atoms with Gasteiger partial charge in [-0.2, -0.15) is 0 Å². The van der Waals surface area contributed by atoms with Gasteiger partial charge in [0.25, 0.3) is 0 Å². The number of hydrogen-bond acceptors (Lipinski definition) is 0. The molecule has 0 heterocycles. The molecule has 0 saturated carbocycles. The normalized spacial score (nSPS) is 10.1. The zero-order chi connectivity index (χ0) is 18.9. The van der Waals surface area contributed by atoms with Gasteiger partial charge in [-0.25, -0.2) is 0 Å². The molecule has 0 nitrogen and oxygen atoms in total. The molecule has 2 aromatic rings. The van der Waals surface area contributed by atoms with E-state index in [9.17, 15) is 0 Å². The Bertz CT molecular complexity index is 502. The molecule has 0 aliphatic carbocycles. The van der Waals surface area contributed by atoms with Crippen molar-refractivity contribution in [2.24, 2.45) is 0 Å². The topological polar surface area (TPSA) is 0 Å². The molecule has 2 aromatic carbocycles. The summed E-state index contributed by atoms with van der Waals surface area (Å²) in [4.78, 5) is 0. The summed E-state index contributed by atoms with van der Waals surface area (Å²) in [6.07, 6.45) is 0. The first-order valence-corrected chi connectivity index (χ1v) is 9.00. The van der Waals surface area contributed by atoms with Crippen LogP contribution in [0.1, 0.15) is 66.8 Å². The van der Waals surface area contributed by atoms with E-state index in [1.807, 2.05) is 0 Å². The molecule has 0 bridgehead atoms. The van der Waals surface area contributed by atoms with Crippen LogP contribution in [0.15, 0.2) is 0 Å². The van der Waals surface area contributed by atoms with Crippen LogP contribution in [0.5, 0.6) is 0 Å². The molecule has 0 atom stereocenters. The van der Waals surface area contributed by atoms with Crippen molar-refractivity contribution in [2.75, 3.05) is 0 Å². The maximum atomic E-state index is 2.21. The Labute approximate surface area is 167 Å². The molecule has 0 aliphatic rings. The minimum Gasteiger partial charge on any atom is -0.0447 e. The van der Waals surface area contributed by atoms with E-state index >= 15 is 0 Å². The third-order valence-corrected chi connectivity index (χ3v) is 6.75. The summed E-state index contributed by atoms with van der Waals surface area (Å²) in [5.41, 5.74) is 17.5. The largest absolute Gasteiger partial charge is 0.0447 e. The van der Waals surface area contributed by atoms with Crippen molar-refractivity contribution in [3.05, 3.63) is 66.8 Å². The molecule has 0 spiro atoms. The van der Waals surface area contributed by atoms with Crippen LogP contribution in [0.4, 0.5) is 0 Å². The van der Waals surface area contributed by atoms with Crippen molar-refractivity contribution < 1.29 is 17.4 Å². The summed E-state index contributed by atoms with van der Waals surface area (Å²) in [7, 11) is 0. The van der Waals surface area contributed by atoms with Gasteiger partial charge in [-0.15, -0.1) is 0 Å². The van der Waals surface area contributed by atoms with Crippen molar-refractivity contribution in [3.63, 3.8) is 0 Å². The number of benzene rings is 2. The van der Waals surface area contributed by atoms with Crippen LogP contribution < -0.4 is 0 Å². The van der Waals surface area contributed by atoms with E-state index in [0.29, 0.717) is 0 Å². The zero-order valence-corrected chi connectivity index (χ0v) is 19.7. The minimum absolute atomic E-state index is 0. The molecule has 1 heteroatoms. The van der Waals surface area contributed by atoms with Gasteiger partial charge in [0, 0.05) is 17.4 Å². The second kappa shape index (κ2) is 9.07. The molecule has 0 N–H and O–H groups in total. The van der Waals surface area contributed by atoms with E-state index in [0.717, 1.165) is 0 Å². The Kier molecular flexibility index (Phi) is 8.70. The predicted octanol–water partition coefficient (Wildman–Crippen LogP) is 7.07. The summed E-state index contributed by atoms with van der Waals surface area (Å²) >= 11 is 0. The van der Waals surface area contributed by atoms with Gasteiger partial charge in [-0.3, -0.25) is 0 Å². The predicted molar refractivity (Wildman–Crippen MR) is 110 cm³/mol. The third kappa shape index (κ3) is 4.58. The van der Waals surface area contributed by atoms with E-state index < -0.39 is 0 Å². The second-order valence-corrected chi connectivity index (χ2v) is 7.50. The van der Waals surface area contributed by atoms with Gasteiger partial charge in [0.2, 0.25) is 0 Å². The molecule has 2 rings (SSSR count). The van der Waals surface area contributed by atoms with E-state index in [4.69, 9.17) is 0 Å². The van der Waals surface area contributed by atoms with Crippen LogP contribution in [0.25, 0.3) is 0 Å². The van der Waals surface area contributed by atoms with Crippen molar-refractivity contribution in [2.45, 2.75) is 83.1 Å². The summed E-state index contributed by atoms with van der Waals surface area (Å²) in [5, 5.41) is 0. The molecule has 138 valence electrons. The fraction of sp³-hybridized carbons (Fsp3) is 0.500. The average Bonchev–Trinajstić information content (AvgIpc) is 2.58. The molecular formula is C24H36Cr. The first kappa shape index (κ1) is 24.0. The average molecular weight is 377 g/mol. The molecule has 0 unspecified atom stereocenters. The summed E-state index contributed by atoms with van der Waals surface area (Å²) < 4.78 is 0. The molecule has 25 heavy (non-hydrogen) atoms. The summed E-state index contributed by atoms with van der Waals surface area (Å²) in [6, 6.07) is 0. The van der Waals surface area contributed by atoms with Crippen molar-refractivity contribution in [3.8, 4) is 0 Å². The Morgan fingerprint density at radius 1 is 0.200 bits per heavy atom. The molecule has 0 fully saturated rings. The van der Waals surface area contributed by atoms with Gasteiger partial charge < -0.3 is 0 Å². The van der Waals surface area contributed by atoms with Crippen LogP contribution >= 0.6 is 0 Å². The first-order valence-electron chi connectivity index (χ1n) is 9.00. The van der Waals surface area contributed by atoms with Gasteiger partial charge in [0.15, 0.2) is 0 Å². The molecule has 0 amide bonds. The molecule has 0 aromatic heterocycles. The van der Waals surface area contributed by atoms with Crippen molar-refractivity contribution >= 4 is 0 Å². The molecular weight excluding hydrogens is 340 g/mol. The van der Waals surface area contributed by atoms with Crippen molar-refractivity contribution in [1.82, 2.24) is 0 Å². The number of hydrogen-bond donors (Lipinski definition) is 0. The fourth-order valence-electron chi connectivity index (χ4n) is 3.38. The van der Waals surface area contributed by atoms with Crippen molar-refractivity contribution in [1.29, 1.82) is 0 Å². The standard InChI is InChI=1S/2C12H18.Cr/c2*1-7-8(2)10(4)12(6)11(5)9(7)3;/h2*1-6H3;. The van der Waals surface area contributed by atoms with E-state index in [1.165, 1.54) is 66.8 Å². The van der Waals surface area contributed by atoms with Crippen LogP contribution in [-0.2, 0) is 17.4 Å².